The summed E-state index contributed by atoms with van der Waals surface area (Å²) in [6.07, 6.45) is 6.31. The molecule has 1 saturated heterocycles. The third-order valence-corrected chi connectivity index (χ3v) is 4.69. The standard InChI is InChI=1S/C23H26N2O4/c1-23(2,3)29-22(26)25-13-7-10-18-14-16(15-24-20(18)25)11-12-19-27-21(28-19)17-8-5-4-6-9-17/h4-6,8-9,11-12,14-15,19,21H,7,10,13H2,1-3H3/b12-11+. The highest BCUT2D eigenvalue weighted by Crippen LogP contribution is 2.33. The van der Waals surface area contributed by atoms with Gasteiger partial charge in [-0.25, -0.2) is 9.78 Å². The van der Waals surface area contributed by atoms with E-state index < -0.39 is 5.60 Å². The predicted octanol–water partition coefficient (Wildman–Crippen LogP) is 4.85. The smallest absolute Gasteiger partial charge is 0.416 e. The number of aryl methyl sites for hydroxylation is 1. The van der Waals surface area contributed by atoms with E-state index >= 15 is 0 Å². The third-order valence-electron chi connectivity index (χ3n) is 4.69. The van der Waals surface area contributed by atoms with Crippen molar-refractivity contribution in [3.05, 3.63) is 65.4 Å². The lowest BCUT2D eigenvalue weighted by molar-refractivity contribution is -0.369. The van der Waals surface area contributed by atoms with Gasteiger partial charge in [-0.2, -0.15) is 0 Å². The zero-order valence-electron chi connectivity index (χ0n) is 17.0. The molecule has 0 unspecified atom stereocenters. The fourth-order valence-corrected chi connectivity index (χ4v) is 3.37. The van der Waals surface area contributed by atoms with Crippen molar-refractivity contribution in [3.8, 4) is 0 Å². The van der Waals surface area contributed by atoms with E-state index in [1.54, 1.807) is 11.1 Å². The van der Waals surface area contributed by atoms with Crippen molar-refractivity contribution < 1.29 is 19.0 Å². The Hall–Kier alpha value is -2.70. The fraction of sp³-hybridized carbons (Fsp3) is 0.391. The van der Waals surface area contributed by atoms with Crippen LogP contribution in [0, 0.1) is 0 Å². The highest BCUT2D eigenvalue weighted by Gasteiger charge is 2.30. The maximum atomic E-state index is 12.5. The molecule has 4 rings (SSSR count). The van der Waals surface area contributed by atoms with Gasteiger partial charge >= 0.3 is 6.09 Å². The minimum absolute atomic E-state index is 0.310. The molecule has 3 heterocycles. The number of rotatable bonds is 3. The van der Waals surface area contributed by atoms with Gasteiger partial charge in [0.1, 0.15) is 11.4 Å². The predicted molar refractivity (Wildman–Crippen MR) is 110 cm³/mol. The van der Waals surface area contributed by atoms with Crippen molar-refractivity contribution >= 4 is 18.0 Å². The molecule has 0 atom stereocenters. The van der Waals surface area contributed by atoms with Crippen LogP contribution in [0.1, 0.15) is 50.2 Å². The Balaban J connectivity index is 1.40. The third kappa shape index (κ3) is 4.66. The molecule has 1 aromatic carbocycles. The van der Waals surface area contributed by atoms with Gasteiger partial charge in [0.15, 0.2) is 12.6 Å². The molecule has 0 spiro atoms. The Kier molecular flexibility index (Phi) is 5.39. The summed E-state index contributed by atoms with van der Waals surface area (Å²) in [6, 6.07) is 11.9. The average molecular weight is 394 g/mol. The lowest BCUT2D eigenvalue weighted by atomic mass is 10.0. The molecule has 0 bridgehead atoms. The van der Waals surface area contributed by atoms with Gasteiger partial charge in [-0.15, -0.1) is 0 Å². The highest BCUT2D eigenvalue weighted by atomic mass is 16.9. The summed E-state index contributed by atoms with van der Waals surface area (Å²) in [4.78, 5) is 18.6. The molecular weight excluding hydrogens is 368 g/mol. The molecule has 2 aliphatic rings. The van der Waals surface area contributed by atoms with Crippen molar-refractivity contribution in [3.63, 3.8) is 0 Å². The normalized spacial score (nSPS) is 21.6. The van der Waals surface area contributed by atoms with Crippen molar-refractivity contribution in [2.45, 2.75) is 51.8 Å². The minimum atomic E-state index is -0.530. The summed E-state index contributed by atoms with van der Waals surface area (Å²) in [5, 5.41) is 0. The van der Waals surface area contributed by atoms with E-state index in [0.717, 1.165) is 29.5 Å². The molecule has 0 aliphatic carbocycles. The Bertz CT molecular complexity index is 899. The number of hydrogen-bond acceptors (Lipinski definition) is 5. The van der Waals surface area contributed by atoms with E-state index in [-0.39, 0.29) is 18.7 Å². The van der Waals surface area contributed by atoms with E-state index in [1.807, 2.05) is 63.3 Å². The summed E-state index contributed by atoms with van der Waals surface area (Å²) in [7, 11) is 0. The highest BCUT2D eigenvalue weighted by molar-refractivity contribution is 5.88. The van der Waals surface area contributed by atoms with Crippen LogP contribution in [0.5, 0.6) is 0 Å². The van der Waals surface area contributed by atoms with Crippen LogP contribution in [-0.2, 0) is 20.6 Å². The quantitative estimate of drug-likeness (QED) is 0.744. The first-order valence-corrected chi connectivity index (χ1v) is 9.92. The Morgan fingerprint density at radius 1 is 1.24 bits per heavy atom. The molecule has 6 heteroatoms. The Morgan fingerprint density at radius 2 is 2.00 bits per heavy atom. The number of hydrogen-bond donors (Lipinski definition) is 0. The average Bonchev–Trinajstić information content (AvgIpc) is 2.65. The van der Waals surface area contributed by atoms with E-state index in [1.165, 1.54) is 0 Å². The van der Waals surface area contributed by atoms with Crippen LogP contribution in [0.4, 0.5) is 10.6 Å². The van der Waals surface area contributed by atoms with Crippen molar-refractivity contribution in [1.29, 1.82) is 0 Å². The first-order valence-electron chi connectivity index (χ1n) is 9.92. The van der Waals surface area contributed by atoms with E-state index in [9.17, 15) is 4.79 Å². The molecule has 0 N–H and O–H groups in total. The number of fused-ring (bicyclic) bond motifs is 1. The second-order valence-electron chi connectivity index (χ2n) is 8.23. The second-order valence-corrected chi connectivity index (χ2v) is 8.23. The van der Waals surface area contributed by atoms with Crippen LogP contribution in [0.25, 0.3) is 6.08 Å². The Morgan fingerprint density at radius 3 is 2.72 bits per heavy atom. The summed E-state index contributed by atoms with van der Waals surface area (Å²) >= 11 is 0. The zero-order chi connectivity index (χ0) is 20.4. The van der Waals surface area contributed by atoms with Crippen LogP contribution in [0.3, 0.4) is 0 Å². The van der Waals surface area contributed by atoms with E-state index in [2.05, 4.69) is 11.1 Å². The van der Waals surface area contributed by atoms with Gasteiger partial charge in [0.05, 0.1) is 0 Å². The molecule has 0 radical (unpaired) electrons. The summed E-state index contributed by atoms with van der Waals surface area (Å²) in [6.45, 7) is 6.22. The zero-order valence-corrected chi connectivity index (χ0v) is 17.0. The molecular formula is C23H26N2O4. The van der Waals surface area contributed by atoms with Crippen LogP contribution >= 0.6 is 0 Å². The van der Waals surface area contributed by atoms with Gasteiger partial charge in [-0.3, -0.25) is 4.90 Å². The van der Waals surface area contributed by atoms with Gasteiger partial charge in [0.2, 0.25) is 0 Å². The van der Waals surface area contributed by atoms with Crippen LogP contribution in [0.2, 0.25) is 0 Å². The number of nitrogens with zero attached hydrogens (tertiary/aromatic N) is 2. The van der Waals surface area contributed by atoms with Gasteiger partial charge in [-0.1, -0.05) is 36.4 Å². The molecule has 1 amide bonds. The maximum Gasteiger partial charge on any atom is 0.416 e. The van der Waals surface area contributed by atoms with Crippen LogP contribution in [0.15, 0.2) is 48.7 Å². The molecule has 6 nitrogen and oxygen atoms in total. The number of anilines is 1. The molecule has 2 aromatic rings. The lowest BCUT2D eigenvalue weighted by Crippen LogP contribution is -2.40. The molecule has 29 heavy (non-hydrogen) atoms. The number of carbonyl (C=O) groups excluding carboxylic acids is 1. The number of benzene rings is 1. The minimum Gasteiger partial charge on any atom is -0.443 e. The second kappa shape index (κ2) is 7.97. The fourth-order valence-electron chi connectivity index (χ4n) is 3.37. The van der Waals surface area contributed by atoms with Crippen molar-refractivity contribution in [2.24, 2.45) is 0 Å². The molecule has 2 aliphatic heterocycles. The number of carbonyl (C=O) groups is 1. The first kappa shape index (κ1) is 19.6. The largest absolute Gasteiger partial charge is 0.443 e. The molecule has 152 valence electrons. The van der Waals surface area contributed by atoms with Crippen molar-refractivity contribution in [1.82, 2.24) is 4.98 Å². The SMILES string of the molecule is CC(C)(C)OC(=O)N1CCCc2cc(/C=C/C3OC(c4ccccc4)O3)cnc21. The number of aromatic nitrogens is 1. The van der Waals surface area contributed by atoms with E-state index in [0.29, 0.717) is 12.4 Å². The number of ether oxygens (including phenoxy) is 3. The summed E-state index contributed by atoms with van der Waals surface area (Å²) in [5.41, 5.74) is 2.47. The van der Waals surface area contributed by atoms with Gasteiger partial charge in [0.25, 0.3) is 0 Å². The Labute approximate surface area is 171 Å². The molecule has 1 fully saturated rings. The first-order chi connectivity index (χ1) is 13.9. The van der Waals surface area contributed by atoms with Crippen LogP contribution in [-0.4, -0.2) is 29.5 Å². The number of amides is 1. The van der Waals surface area contributed by atoms with Gasteiger partial charge in [-0.05, 0) is 56.9 Å². The van der Waals surface area contributed by atoms with Crippen LogP contribution < -0.4 is 4.90 Å². The maximum absolute atomic E-state index is 12.5. The van der Waals surface area contributed by atoms with Gasteiger partial charge < -0.3 is 14.2 Å². The molecule has 0 saturated carbocycles. The summed E-state index contributed by atoms with van der Waals surface area (Å²) in [5.74, 6) is 0.683. The van der Waals surface area contributed by atoms with Gasteiger partial charge in [0, 0.05) is 18.3 Å². The lowest BCUT2D eigenvalue weighted by Gasteiger charge is -2.34. The molecule has 1 aromatic heterocycles. The monoisotopic (exact) mass is 394 g/mol. The topological polar surface area (TPSA) is 60.9 Å². The van der Waals surface area contributed by atoms with Crippen molar-refractivity contribution in [2.75, 3.05) is 11.4 Å². The summed E-state index contributed by atoms with van der Waals surface area (Å²) < 4.78 is 17.0. The number of pyridine rings is 1. The van der Waals surface area contributed by atoms with E-state index in [4.69, 9.17) is 14.2 Å².